The molecular weight excluding hydrogens is 156 g/mol. The van der Waals surface area contributed by atoms with Gasteiger partial charge in [0.1, 0.15) is 0 Å². The van der Waals surface area contributed by atoms with E-state index in [1.807, 2.05) is 6.92 Å². The van der Waals surface area contributed by atoms with Gasteiger partial charge in [-0.05, 0) is 13.3 Å². The first-order valence-electron chi connectivity index (χ1n) is 4.00. The third kappa shape index (κ3) is 6.94. The maximum absolute atomic E-state index is 10.7. The summed E-state index contributed by atoms with van der Waals surface area (Å²) < 4.78 is 9.29. The first-order chi connectivity index (χ1) is 5.81. The largest absolute Gasteiger partial charge is 0.509 e. The van der Waals surface area contributed by atoms with Crippen LogP contribution in [0, 0.1) is 11.8 Å². The molecule has 0 aliphatic rings. The van der Waals surface area contributed by atoms with E-state index in [0.717, 1.165) is 12.8 Å². The van der Waals surface area contributed by atoms with E-state index in [-0.39, 0.29) is 6.61 Å². The zero-order valence-corrected chi connectivity index (χ0v) is 7.55. The molecule has 0 amide bonds. The second-order valence-corrected chi connectivity index (χ2v) is 2.17. The summed E-state index contributed by atoms with van der Waals surface area (Å²) in [5, 5.41) is 0. The molecule has 0 unspecified atom stereocenters. The van der Waals surface area contributed by atoms with Crippen molar-refractivity contribution in [2.24, 2.45) is 0 Å². The molecule has 0 fully saturated rings. The molecule has 0 aliphatic heterocycles. The Balaban J connectivity index is 3.25. The van der Waals surface area contributed by atoms with Crippen LogP contribution in [-0.4, -0.2) is 19.4 Å². The van der Waals surface area contributed by atoms with E-state index in [4.69, 9.17) is 4.74 Å². The van der Waals surface area contributed by atoms with Crippen LogP contribution in [0.25, 0.3) is 0 Å². The lowest BCUT2D eigenvalue weighted by atomic mass is 10.4. The van der Waals surface area contributed by atoms with Crippen molar-refractivity contribution in [3.8, 4) is 11.8 Å². The number of carbonyl (C=O) groups is 1. The van der Waals surface area contributed by atoms with E-state index >= 15 is 0 Å². The van der Waals surface area contributed by atoms with Crippen LogP contribution in [0.3, 0.4) is 0 Å². The highest BCUT2D eigenvalue weighted by atomic mass is 16.7. The van der Waals surface area contributed by atoms with Gasteiger partial charge in [-0.15, -0.1) is 5.92 Å². The minimum absolute atomic E-state index is 0.113. The van der Waals surface area contributed by atoms with Crippen molar-refractivity contribution in [3.05, 3.63) is 0 Å². The van der Waals surface area contributed by atoms with Crippen molar-refractivity contribution >= 4 is 6.16 Å². The number of ether oxygens (including phenoxy) is 2. The van der Waals surface area contributed by atoms with Crippen LogP contribution in [-0.2, 0) is 9.47 Å². The van der Waals surface area contributed by atoms with E-state index < -0.39 is 6.16 Å². The normalized spacial score (nSPS) is 8.17. The number of carbonyl (C=O) groups excluding carboxylic acids is 1. The number of hydrogen-bond acceptors (Lipinski definition) is 3. The molecule has 0 aromatic rings. The highest BCUT2D eigenvalue weighted by Gasteiger charge is 1.99. The summed E-state index contributed by atoms with van der Waals surface area (Å²) in [6.07, 6.45) is 1.24. The lowest BCUT2D eigenvalue weighted by Crippen LogP contribution is -2.08. The first kappa shape index (κ1) is 10.8. The van der Waals surface area contributed by atoms with Gasteiger partial charge in [-0.2, -0.15) is 0 Å². The van der Waals surface area contributed by atoms with Crippen LogP contribution in [0.4, 0.5) is 4.79 Å². The molecular formula is C9H14O3. The van der Waals surface area contributed by atoms with Gasteiger partial charge < -0.3 is 9.47 Å². The van der Waals surface area contributed by atoms with Gasteiger partial charge in [0.25, 0.3) is 0 Å². The lowest BCUT2D eigenvalue weighted by molar-refractivity contribution is 0.0636. The van der Waals surface area contributed by atoms with Crippen LogP contribution < -0.4 is 0 Å². The van der Waals surface area contributed by atoms with E-state index in [1.165, 1.54) is 0 Å². The molecule has 0 spiro atoms. The molecule has 0 N–H and O–H groups in total. The molecule has 68 valence electrons. The van der Waals surface area contributed by atoms with Gasteiger partial charge in [0.2, 0.25) is 0 Å². The Morgan fingerprint density at radius 3 is 2.75 bits per heavy atom. The second-order valence-electron chi connectivity index (χ2n) is 2.17. The summed E-state index contributed by atoms with van der Waals surface area (Å²) in [5.74, 6) is 5.20. The molecule has 3 nitrogen and oxygen atoms in total. The van der Waals surface area contributed by atoms with Gasteiger partial charge in [0.05, 0.1) is 6.61 Å². The third-order valence-corrected chi connectivity index (χ3v) is 1.16. The topological polar surface area (TPSA) is 35.5 Å². The van der Waals surface area contributed by atoms with Crippen molar-refractivity contribution in [2.45, 2.75) is 26.7 Å². The molecule has 12 heavy (non-hydrogen) atoms. The fourth-order valence-corrected chi connectivity index (χ4v) is 0.509. The van der Waals surface area contributed by atoms with Crippen LogP contribution in [0.15, 0.2) is 0 Å². The summed E-state index contributed by atoms with van der Waals surface area (Å²) in [6.45, 7) is 4.25. The summed E-state index contributed by atoms with van der Waals surface area (Å²) in [6, 6.07) is 0. The van der Waals surface area contributed by atoms with Gasteiger partial charge in [-0.25, -0.2) is 4.79 Å². The Kier molecular flexibility index (Phi) is 7.16. The fraction of sp³-hybridized carbons (Fsp3) is 0.667. The Morgan fingerprint density at radius 2 is 2.17 bits per heavy atom. The maximum atomic E-state index is 10.7. The molecule has 0 saturated heterocycles. The predicted molar refractivity (Wildman–Crippen MR) is 45.7 cm³/mol. The molecule has 3 heteroatoms. The average molecular weight is 170 g/mol. The minimum Gasteiger partial charge on any atom is -0.434 e. The quantitative estimate of drug-likeness (QED) is 0.367. The number of unbranched alkanes of at least 4 members (excludes halogenated alkanes) is 1. The molecule has 0 rings (SSSR count). The Labute approximate surface area is 73.0 Å². The van der Waals surface area contributed by atoms with E-state index in [1.54, 1.807) is 6.92 Å². The number of hydrogen-bond donors (Lipinski definition) is 0. The van der Waals surface area contributed by atoms with Gasteiger partial charge in [-0.3, -0.25) is 0 Å². The Morgan fingerprint density at radius 1 is 1.42 bits per heavy atom. The van der Waals surface area contributed by atoms with E-state index in [9.17, 15) is 4.79 Å². The molecule has 0 heterocycles. The third-order valence-electron chi connectivity index (χ3n) is 1.16. The zero-order valence-electron chi connectivity index (χ0n) is 7.55. The summed E-state index contributed by atoms with van der Waals surface area (Å²) >= 11 is 0. The monoisotopic (exact) mass is 170 g/mol. The molecule has 0 saturated carbocycles. The van der Waals surface area contributed by atoms with Crippen LogP contribution in [0.1, 0.15) is 26.7 Å². The summed E-state index contributed by atoms with van der Waals surface area (Å²) in [4.78, 5) is 10.7. The van der Waals surface area contributed by atoms with E-state index in [2.05, 4.69) is 16.6 Å². The maximum Gasteiger partial charge on any atom is 0.509 e. The molecule has 0 atom stereocenters. The standard InChI is InChI=1S/C9H14O3/c1-3-5-7-11-9(10)12-8-6-4-2/h3,5,7-8H2,1-2H3. The first-order valence-corrected chi connectivity index (χ1v) is 4.00. The highest BCUT2D eigenvalue weighted by molar-refractivity contribution is 5.60. The van der Waals surface area contributed by atoms with Gasteiger partial charge in [0.15, 0.2) is 6.61 Å². The van der Waals surface area contributed by atoms with Crippen LogP contribution in [0.2, 0.25) is 0 Å². The van der Waals surface area contributed by atoms with Gasteiger partial charge in [-0.1, -0.05) is 19.3 Å². The molecule has 0 aromatic heterocycles. The van der Waals surface area contributed by atoms with Crippen molar-refractivity contribution in [3.63, 3.8) is 0 Å². The lowest BCUT2D eigenvalue weighted by Gasteiger charge is -2.01. The zero-order chi connectivity index (χ0) is 9.23. The minimum atomic E-state index is -0.633. The van der Waals surface area contributed by atoms with Crippen molar-refractivity contribution in [2.75, 3.05) is 13.2 Å². The second kappa shape index (κ2) is 7.93. The van der Waals surface area contributed by atoms with Gasteiger partial charge in [0, 0.05) is 0 Å². The number of rotatable bonds is 4. The van der Waals surface area contributed by atoms with Crippen molar-refractivity contribution in [1.29, 1.82) is 0 Å². The molecule has 0 aromatic carbocycles. The Bertz CT molecular complexity index is 176. The molecule has 0 aliphatic carbocycles. The predicted octanol–water partition coefficient (Wildman–Crippen LogP) is 1.96. The smallest absolute Gasteiger partial charge is 0.434 e. The molecule has 0 bridgehead atoms. The molecule has 0 radical (unpaired) electrons. The SMILES string of the molecule is CC#CCOC(=O)OCCCC. The highest BCUT2D eigenvalue weighted by Crippen LogP contribution is 1.90. The van der Waals surface area contributed by atoms with Crippen LogP contribution in [0.5, 0.6) is 0 Å². The summed E-state index contributed by atoms with van der Waals surface area (Å²) in [5.41, 5.74) is 0. The van der Waals surface area contributed by atoms with Gasteiger partial charge >= 0.3 is 6.16 Å². The van der Waals surface area contributed by atoms with Crippen LogP contribution >= 0.6 is 0 Å². The fourth-order valence-electron chi connectivity index (χ4n) is 0.509. The van der Waals surface area contributed by atoms with E-state index in [0.29, 0.717) is 6.61 Å². The van der Waals surface area contributed by atoms with Crippen molar-refractivity contribution in [1.82, 2.24) is 0 Å². The summed E-state index contributed by atoms with van der Waals surface area (Å²) in [7, 11) is 0. The Hall–Kier alpha value is -1.17. The van der Waals surface area contributed by atoms with Crippen molar-refractivity contribution < 1.29 is 14.3 Å². The average Bonchev–Trinajstić information content (AvgIpc) is 2.06.